The first kappa shape index (κ1) is 10.7. The summed E-state index contributed by atoms with van der Waals surface area (Å²) in [5.74, 6) is -0.782. The van der Waals surface area contributed by atoms with Gasteiger partial charge in [-0.1, -0.05) is 0 Å². The Morgan fingerprint density at radius 2 is 2.27 bits per heavy atom. The number of aromatic hydroxyl groups is 1. The second kappa shape index (κ2) is 4.24. The zero-order valence-electron chi connectivity index (χ0n) is 8.06. The van der Waals surface area contributed by atoms with Gasteiger partial charge in [0, 0.05) is 0 Å². The number of hydrogen-bond donors (Lipinski definition) is 2. The van der Waals surface area contributed by atoms with E-state index < -0.39 is 5.91 Å². The molecule has 5 nitrogen and oxygen atoms in total. The lowest BCUT2D eigenvalue weighted by Gasteiger charge is -2.00. The van der Waals surface area contributed by atoms with E-state index in [1.54, 1.807) is 0 Å². The number of nitrogens with two attached hydrogens (primary N) is 1. The Morgan fingerprint density at radius 1 is 1.60 bits per heavy atom. The molecule has 0 saturated carbocycles. The van der Waals surface area contributed by atoms with Crippen molar-refractivity contribution in [3.63, 3.8) is 0 Å². The molecule has 1 aromatic rings. The zero-order valence-corrected chi connectivity index (χ0v) is 8.06. The second-order valence-electron chi connectivity index (χ2n) is 2.90. The van der Waals surface area contributed by atoms with Crippen LogP contribution >= 0.6 is 0 Å². The first-order valence-electron chi connectivity index (χ1n) is 4.13. The fraction of sp³-hybridized carbons (Fsp3) is 0.100. The number of aliphatic imine (C=N–C) groups is 1. The SMILES string of the molecule is CC(N)=NC(=O)c1cc(C#N)ccc1O. The van der Waals surface area contributed by atoms with Crippen molar-refractivity contribution >= 4 is 11.7 Å². The lowest BCUT2D eigenvalue weighted by atomic mass is 10.1. The average molecular weight is 203 g/mol. The predicted octanol–water partition coefficient (Wildman–Crippen LogP) is 0.781. The minimum atomic E-state index is -0.662. The maximum atomic E-state index is 11.4. The third kappa shape index (κ3) is 2.54. The number of amides is 1. The van der Waals surface area contributed by atoms with Gasteiger partial charge in [0.05, 0.1) is 17.2 Å². The number of carbonyl (C=O) groups excluding carboxylic acids is 1. The van der Waals surface area contributed by atoms with Crippen LogP contribution < -0.4 is 5.73 Å². The van der Waals surface area contributed by atoms with Gasteiger partial charge in [-0.25, -0.2) is 0 Å². The van der Waals surface area contributed by atoms with Crippen LogP contribution in [-0.2, 0) is 0 Å². The van der Waals surface area contributed by atoms with E-state index in [1.807, 2.05) is 6.07 Å². The van der Waals surface area contributed by atoms with E-state index in [9.17, 15) is 9.90 Å². The highest BCUT2D eigenvalue weighted by atomic mass is 16.3. The van der Waals surface area contributed by atoms with Crippen molar-refractivity contribution < 1.29 is 9.90 Å². The molecule has 76 valence electrons. The second-order valence-corrected chi connectivity index (χ2v) is 2.90. The molecule has 0 bridgehead atoms. The Hall–Kier alpha value is -2.35. The Kier molecular flexibility index (Phi) is 3.03. The third-order valence-electron chi connectivity index (χ3n) is 1.63. The molecule has 0 fully saturated rings. The molecule has 0 unspecified atom stereocenters. The number of phenols is 1. The molecule has 5 heteroatoms. The molecule has 3 N–H and O–H groups in total. The minimum Gasteiger partial charge on any atom is -0.507 e. The Bertz CT molecular complexity index is 468. The summed E-state index contributed by atoms with van der Waals surface area (Å²) in [6, 6.07) is 5.81. The molecule has 0 radical (unpaired) electrons. The molecular formula is C10H9N3O2. The van der Waals surface area contributed by atoms with Crippen molar-refractivity contribution in [1.82, 2.24) is 0 Å². The van der Waals surface area contributed by atoms with Crippen molar-refractivity contribution in [2.24, 2.45) is 10.7 Å². The average Bonchev–Trinajstić information content (AvgIpc) is 2.17. The van der Waals surface area contributed by atoms with Crippen molar-refractivity contribution in [2.45, 2.75) is 6.92 Å². The van der Waals surface area contributed by atoms with Crippen LogP contribution in [0.4, 0.5) is 0 Å². The van der Waals surface area contributed by atoms with Crippen LogP contribution in [0.2, 0.25) is 0 Å². The van der Waals surface area contributed by atoms with Gasteiger partial charge in [-0.3, -0.25) is 4.79 Å². The van der Waals surface area contributed by atoms with Crippen LogP contribution in [0, 0.1) is 11.3 Å². The standard InChI is InChI=1S/C10H9N3O2/c1-6(12)13-10(15)8-4-7(5-11)2-3-9(8)14/h2-4,14H,1H3,(H2,12,13,15). The maximum absolute atomic E-state index is 11.4. The lowest BCUT2D eigenvalue weighted by Crippen LogP contribution is -2.09. The molecule has 0 aliphatic heterocycles. The summed E-state index contributed by atoms with van der Waals surface area (Å²) in [5.41, 5.74) is 5.48. The highest BCUT2D eigenvalue weighted by Crippen LogP contribution is 2.19. The Labute approximate surface area is 86.5 Å². The molecule has 15 heavy (non-hydrogen) atoms. The van der Waals surface area contributed by atoms with Gasteiger partial charge < -0.3 is 10.8 Å². The van der Waals surface area contributed by atoms with Gasteiger partial charge in [0.25, 0.3) is 5.91 Å². The first-order valence-corrected chi connectivity index (χ1v) is 4.13. The summed E-state index contributed by atoms with van der Waals surface area (Å²) in [7, 11) is 0. The van der Waals surface area contributed by atoms with Gasteiger partial charge in [-0.15, -0.1) is 0 Å². The van der Waals surface area contributed by atoms with Crippen molar-refractivity contribution in [1.29, 1.82) is 5.26 Å². The molecule has 0 saturated heterocycles. The van der Waals surface area contributed by atoms with Crippen LogP contribution in [0.3, 0.4) is 0 Å². The van der Waals surface area contributed by atoms with Crippen molar-refractivity contribution in [3.8, 4) is 11.8 Å². The van der Waals surface area contributed by atoms with E-state index in [2.05, 4.69) is 4.99 Å². The zero-order chi connectivity index (χ0) is 11.4. The van der Waals surface area contributed by atoms with Gasteiger partial charge in [-0.05, 0) is 25.1 Å². The van der Waals surface area contributed by atoms with E-state index in [1.165, 1.54) is 25.1 Å². The third-order valence-corrected chi connectivity index (χ3v) is 1.63. The number of carbonyl (C=O) groups is 1. The summed E-state index contributed by atoms with van der Waals surface area (Å²) in [5, 5.41) is 18.0. The molecule has 0 atom stereocenters. The highest BCUT2D eigenvalue weighted by Gasteiger charge is 2.10. The fourth-order valence-corrected chi connectivity index (χ4v) is 0.997. The monoisotopic (exact) mass is 203 g/mol. The number of amidine groups is 1. The highest BCUT2D eigenvalue weighted by molar-refractivity contribution is 6.04. The van der Waals surface area contributed by atoms with Gasteiger partial charge >= 0.3 is 0 Å². The molecule has 1 aromatic carbocycles. The van der Waals surface area contributed by atoms with Gasteiger partial charge in [0.1, 0.15) is 11.6 Å². The first-order chi connectivity index (χ1) is 7.04. The van der Waals surface area contributed by atoms with E-state index in [-0.39, 0.29) is 22.7 Å². The quantitative estimate of drug-likeness (QED) is 0.520. The number of benzene rings is 1. The van der Waals surface area contributed by atoms with Crippen molar-refractivity contribution in [3.05, 3.63) is 29.3 Å². The Morgan fingerprint density at radius 3 is 2.80 bits per heavy atom. The van der Waals surface area contributed by atoms with Gasteiger partial charge in [-0.2, -0.15) is 10.3 Å². The Balaban J connectivity index is 3.20. The molecule has 0 aliphatic carbocycles. The summed E-state index contributed by atoms with van der Waals surface area (Å²) in [4.78, 5) is 14.9. The molecule has 0 aromatic heterocycles. The predicted molar refractivity (Wildman–Crippen MR) is 54.4 cm³/mol. The fourth-order valence-electron chi connectivity index (χ4n) is 0.997. The molecule has 0 heterocycles. The number of hydrogen-bond acceptors (Lipinski definition) is 3. The van der Waals surface area contributed by atoms with E-state index >= 15 is 0 Å². The van der Waals surface area contributed by atoms with Crippen LogP contribution in [0.15, 0.2) is 23.2 Å². The summed E-state index contributed by atoms with van der Waals surface area (Å²) in [6.45, 7) is 1.46. The largest absolute Gasteiger partial charge is 0.507 e. The summed E-state index contributed by atoms with van der Waals surface area (Å²) >= 11 is 0. The molecule has 0 aliphatic rings. The smallest absolute Gasteiger partial charge is 0.282 e. The molecule has 1 amide bonds. The van der Waals surface area contributed by atoms with Gasteiger partial charge in [0.2, 0.25) is 0 Å². The molecule has 1 rings (SSSR count). The van der Waals surface area contributed by atoms with Crippen LogP contribution in [0.25, 0.3) is 0 Å². The normalized spacial score (nSPS) is 10.8. The molecule has 0 spiro atoms. The van der Waals surface area contributed by atoms with Crippen LogP contribution in [0.5, 0.6) is 5.75 Å². The number of phenolic OH excluding ortho intramolecular Hbond substituents is 1. The number of rotatable bonds is 1. The summed E-state index contributed by atoms with van der Waals surface area (Å²) < 4.78 is 0. The van der Waals surface area contributed by atoms with E-state index in [0.29, 0.717) is 0 Å². The molecular weight excluding hydrogens is 194 g/mol. The van der Waals surface area contributed by atoms with Crippen LogP contribution in [-0.4, -0.2) is 16.8 Å². The minimum absolute atomic E-state index is 0.0288. The maximum Gasteiger partial charge on any atom is 0.282 e. The lowest BCUT2D eigenvalue weighted by molar-refractivity contribution is 0.1000. The summed E-state index contributed by atoms with van der Waals surface area (Å²) in [6.07, 6.45) is 0. The number of nitriles is 1. The topological polar surface area (TPSA) is 99.5 Å². The van der Waals surface area contributed by atoms with Crippen molar-refractivity contribution in [2.75, 3.05) is 0 Å². The number of nitrogens with zero attached hydrogens (tertiary/aromatic N) is 2. The van der Waals surface area contributed by atoms with E-state index in [4.69, 9.17) is 11.0 Å². The van der Waals surface area contributed by atoms with Gasteiger partial charge in [0.15, 0.2) is 0 Å². The van der Waals surface area contributed by atoms with Crippen LogP contribution in [0.1, 0.15) is 22.8 Å². The van der Waals surface area contributed by atoms with E-state index in [0.717, 1.165) is 0 Å².